The van der Waals surface area contributed by atoms with Gasteiger partial charge in [0.25, 0.3) is 5.56 Å². The number of amides is 1. The van der Waals surface area contributed by atoms with E-state index < -0.39 is 11.9 Å². The maximum absolute atomic E-state index is 12.0. The molecule has 0 radical (unpaired) electrons. The molecule has 0 unspecified atom stereocenters. The number of esters is 1. The second kappa shape index (κ2) is 8.27. The van der Waals surface area contributed by atoms with Crippen molar-refractivity contribution >= 4 is 22.6 Å². The van der Waals surface area contributed by atoms with Crippen LogP contribution in [-0.2, 0) is 20.9 Å². The molecule has 1 N–H and O–H groups in total. The first-order valence-corrected chi connectivity index (χ1v) is 8.47. The van der Waals surface area contributed by atoms with Gasteiger partial charge < -0.3 is 10.1 Å². The predicted molar refractivity (Wildman–Crippen MR) is 101 cm³/mol. The lowest BCUT2D eigenvalue weighted by atomic mass is 10.1. The maximum Gasteiger partial charge on any atom is 0.307 e. The monoisotopic (exact) mass is 365 g/mol. The predicted octanol–water partition coefficient (Wildman–Crippen LogP) is 1.74. The summed E-state index contributed by atoms with van der Waals surface area (Å²) in [7, 11) is 1.28. The number of hydrogen-bond acceptors (Lipinski definition) is 5. The number of hydrogen-bond donors (Lipinski definition) is 1. The fourth-order valence-corrected chi connectivity index (χ4v) is 2.66. The van der Waals surface area contributed by atoms with Crippen LogP contribution in [0.4, 0.5) is 0 Å². The van der Waals surface area contributed by atoms with Crippen LogP contribution in [0.1, 0.15) is 6.42 Å². The summed E-state index contributed by atoms with van der Waals surface area (Å²) in [5.41, 5.74) is 1.08. The Balaban J connectivity index is 1.76. The molecule has 0 saturated carbocycles. The van der Waals surface area contributed by atoms with E-state index in [1.165, 1.54) is 13.2 Å². The van der Waals surface area contributed by atoms with Gasteiger partial charge in [-0.3, -0.25) is 14.4 Å². The van der Waals surface area contributed by atoms with E-state index in [1.54, 1.807) is 6.07 Å². The van der Waals surface area contributed by atoms with E-state index in [-0.39, 0.29) is 25.1 Å². The first-order valence-electron chi connectivity index (χ1n) is 8.47. The standard InChI is InChI=1S/C20H19N3O4/c1-27-20(26)10-11-21-18(24)13-23-19(25)9-8-17(22-23)16-7-6-14-4-2-3-5-15(14)12-16/h2-9,12H,10-11,13H2,1H3,(H,21,24). The molecule has 0 fully saturated rings. The number of carbonyl (C=O) groups excluding carboxylic acids is 2. The molecule has 1 aromatic heterocycles. The van der Waals surface area contributed by atoms with Crippen LogP contribution in [0.25, 0.3) is 22.0 Å². The molecule has 0 aliphatic carbocycles. The lowest BCUT2D eigenvalue weighted by molar-refractivity contribution is -0.140. The van der Waals surface area contributed by atoms with Crippen LogP contribution in [-0.4, -0.2) is 35.3 Å². The van der Waals surface area contributed by atoms with Gasteiger partial charge in [-0.2, -0.15) is 5.10 Å². The minimum Gasteiger partial charge on any atom is -0.469 e. The molecule has 0 aliphatic heterocycles. The SMILES string of the molecule is COC(=O)CCNC(=O)Cn1nc(-c2ccc3ccccc3c2)ccc1=O. The zero-order chi connectivity index (χ0) is 19.2. The van der Waals surface area contributed by atoms with Gasteiger partial charge in [0.15, 0.2) is 0 Å². The molecule has 0 aliphatic rings. The Labute approximate surface area is 155 Å². The van der Waals surface area contributed by atoms with Crippen molar-refractivity contribution in [2.75, 3.05) is 13.7 Å². The van der Waals surface area contributed by atoms with Crippen molar-refractivity contribution in [3.8, 4) is 11.3 Å². The highest BCUT2D eigenvalue weighted by Crippen LogP contribution is 2.22. The zero-order valence-electron chi connectivity index (χ0n) is 14.8. The third-order valence-corrected chi connectivity index (χ3v) is 4.08. The molecule has 1 amide bonds. The summed E-state index contributed by atoms with van der Waals surface area (Å²) in [6, 6.07) is 16.9. The minimum absolute atomic E-state index is 0.0711. The van der Waals surface area contributed by atoms with E-state index in [9.17, 15) is 14.4 Å². The molecular formula is C20H19N3O4. The lowest BCUT2D eigenvalue weighted by Gasteiger charge is -2.08. The Hall–Kier alpha value is -3.48. The zero-order valence-corrected chi connectivity index (χ0v) is 14.8. The molecule has 1 heterocycles. The Morgan fingerprint density at radius 1 is 1.07 bits per heavy atom. The fraction of sp³-hybridized carbons (Fsp3) is 0.200. The largest absolute Gasteiger partial charge is 0.469 e. The highest BCUT2D eigenvalue weighted by molar-refractivity contribution is 5.86. The number of ether oxygens (including phenoxy) is 1. The van der Waals surface area contributed by atoms with Crippen molar-refractivity contribution in [1.82, 2.24) is 15.1 Å². The Bertz CT molecular complexity index is 1040. The van der Waals surface area contributed by atoms with Gasteiger partial charge in [-0.05, 0) is 22.9 Å². The van der Waals surface area contributed by atoms with Gasteiger partial charge in [0.2, 0.25) is 5.91 Å². The topological polar surface area (TPSA) is 90.3 Å². The molecule has 27 heavy (non-hydrogen) atoms. The highest BCUT2D eigenvalue weighted by atomic mass is 16.5. The molecule has 7 heteroatoms. The van der Waals surface area contributed by atoms with Crippen LogP contribution >= 0.6 is 0 Å². The number of aromatic nitrogens is 2. The van der Waals surface area contributed by atoms with E-state index in [0.29, 0.717) is 5.69 Å². The molecular weight excluding hydrogens is 346 g/mol. The Morgan fingerprint density at radius 3 is 2.63 bits per heavy atom. The van der Waals surface area contributed by atoms with Crippen LogP contribution in [0.5, 0.6) is 0 Å². The molecule has 7 nitrogen and oxygen atoms in total. The quantitative estimate of drug-likeness (QED) is 0.672. The van der Waals surface area contributed by atoms with Crippen molar-refractivity contribution < 1.29 is 14.3 Å². The second-order valence-electron chi connectivity index (χ2n) is 5.95. The van der Waals surface area contributed by atoms with Crippen LogP contribution in [0.2, 0.25) is 0 Å². The summed E-state index contributed by atoms with van der Waals surface area (Å²) in [6.45, 7) is -0.0773. The van der Waals surface area contributed by atoms with Crippen LogP contribution in [0.3, 0.4) is 0 Å². The molecule has 3 rings (SSSR count). The van der Waals surface area contributed by atoms with Crippen molar-refractivity contribution in [3.05, 3.63) is 65.0 Å². The maximum atomic E-state index is 12.0. The first kappa shape index (κ1) is 18.3. The van der Waals surface area contributed by atoms with Crippen LogP contribution in [0.15, 0.2) is 59.4 Å². The van der Waals surface area contributed by atoms with E-state index in [1.807, 2.05) is 42.5 Å². The van der Waals surface area contributed by atoms with Crippen LogP contribution in [0, 0.1) is 0 Å². The Morgan fingerprint density at radius 2 is 1.85 bits per heavy atom. The first-order chi connectivity index (χ1) is 13.1. The van der Waals surface area contributed by atoms with E-state index in [0.717, 1.165) is 21.0 Å². The second-order valence-corrected chi connectivity index (χ2v) is 5.95. The molecule has 3 aromatic rings. The molecule has 0 spiro atoms. The summed E-state index contributed by atoms with van der Waals surface area (Å²) < 4.78 is 5.62. The average molecular weight is 365 g/mol. The van der Waals surface area contributed by atoms with Crippen molar-refractivity contribution in [2.45, 2.75) is 13.0 Å². The van der Waals surface area contributed by atoms with Gasteiger partial charge in [-0.1, -0.05) is 36.4 Å². The minimum atomic E-state index is -0.413. The molecule has 0 bridgehead atoms. The normalized spacial score (nSPS) is 10.6. The molecule has 138 valence electrons. The average Bonchev–Trinajstić information content (AvgIpc) is 2.69. The fourth-order valence-electron chi connectivity index (χ4n) is 2.66. The summed E-state index contributed by atoms with van der Waals surface area (Å²) >= 11 is 0. The molecule has 2 aromatic carbocycles. The van der Waals surface area contributed by atoms with Gasteiger partial charge >= 0.3 is 5.97 Å². The highest BCUT2D eigenvalue weighted by Gasteiger charge is 2.09. The van der Waals surface area contributed by atoms with E-state index in [4.69, 9.17) is 0 Å². The third-order valence-electron chi connectivity index (χ3n) is 4.08. The van der Waals surface area contributed by atoms with E-state index >= 15 is 0 Å². The van der Waals surface area contributed by atoms with E-state index in [2.05, 4.69) is 15.2 Å². The van der Waals surface area contributed by atoms with Gasteiger partial charge in [-0.15, -0.1) is 0 Å². The number of benzene rings is 2. The Kier molecular flexibility index (Phi) is 5.61. The number of nitrogens with zero attached hydrogens (tertiary/aromatic N) is 2. The van der Waals surface area contributed by atoms with Gasteiger partial charge in [0.05, 0.1) is 19.2 Å². The number of methoxy groups -OCH3 is 1. The van der Waals surface area contributed by atoms with Crippen molar-refractivity contribution in [1.29, 1.82) is 0 Å². The lowest BCUT2D eigenvalue weighted by Crippen LogP contribution is -2.34. The van der Waals surface area contributed by atoms with Gasteiger partial charge in [-0.25, -0.2) is 4.68 Å². The number of rotatable bonds is 6. The molecule has 0 atom stereocenters. The van der Waals surface area contributed by atoms with Crippen molar-refractivity contribution in [2.24, 2.45) is 0 Å². The van der Waals surface area contributed by atoms with Crippen molar-refractivity contribution in [3.63, 3.8) is 0 Å². The summed E-state index contributed by atoms with van der Waals surface area (Å²) in [4.78, 5) is 35.1. The molecule has 0 saturated heterocycles. The number of carbonyl (C=O) groups is 2. The number of fused-ring (bicyclic) bond motifs is 1. The van der Waals surface area contributed by atoms with Gasteiger partial charge in [0, 0.05) is 18.2 Å². The summed E-state index contributed by atoms with van der Waals surface area (Å²) in [6.07, 6.45) is 0.0711. The van der Waals surface area contributed by atoms with Gasteiger partial charge in [0.1, 0.15) is 6.54 Å². The third kappa shape index (κ3) is 4.58. The van der Waals surface area contributed by atoms with Crippen LogP contribution < -0.4 is 10.9 Å². The smallest absolute Gasteiger partial charge is 0.307 e. The summed E-state index contributed by atoms with van der Waals surface area (Å²) in [5.74, 6) is -0.812. The summed E-state index contributed by atoms with van der Waals surface area (Å²) in [5, 5.41) is 9.04. The number of nitrogens with one attached hydrogen (secondary N) is 1.